The number of amides is 1. The molecule has 2 heterocycles. The quantitative estimate of drug-likeness (QED) is 0.438. The molecule has 1 amide bonds. The highest BCUT2D eigenvalue weighted by Crippen LogP contribution is 2.25. The van der Waals surface area contributed by atoms with Gasteiger partial charge in [0.05, 0.1) is 14.2 Å². The monoisotopic (exact) mass is 452 g/mol. The summed E-state index contributed by atoms with van der Waals surface area (Å²) >= 11 is 0. The van der Waals surface area contributed by atoms with Crippen LogP contribution < -0.4 is 20.3 Å². The molecule has 33 heavy (non-hydrogen) atoms. The fourth-order valence-corrected chi connectivity index (χ4v) is 3.37. The third kappa shape index (κ3) is 4.69. The van der Waals surface area contributed by atoms with E-state index in [2.05, 4.69) is 15.5 Å². The van der Waals surface area contributed by atoms with E-state index in [1.165, 1.54) is 35.2 Å². The van der Waals surface area contributed by atoms with Gasteiger partial charge < -0.3 is 19.3 Å². The number of carbonyl (C=O) groups excluding carboxylic acids is 1. The van der Waals surface area contributed by atoms with Crippen molar-refractivity contribution in [2.24, 2.45) is 0 Å². The number of rotatable bonds is 8. The van der Waals surface area contributed by atoms with E-state index in [4.69, 9.17) is 14.0 Å². The van der Waals surface area contributed by atoms with Crippen LogP contribution in [0, 0.1) is 5.82 Å². The van der Waals surface area contributed by atoms with E-state index < -0.39 is 11.4 Å². The van der Waals surface area contributed by atoms with Crippen molar-refractivity contribution < 1.29 is 23.2 Å². The van der Waals surface area contributed by atoms with Crippen LogP contribution in [-0.2, 0) is 17.9 Å². The summed E-state index contributed by atoms with van der Waals surface area (Å²) in [7, 11) is 3.11. The molecule has 0 saturated carbocycles. The van der Waals surface area contributed by atoms with E-state index in [1.807, 2.05) is 0 Å². The average Bonchev–Trinajstić information content (AvgIpc) is 3.27. The fraction of sp³-hybridized carbons (Fsp3) is 0.217. The first kappa shape index (κ1) is 22.0. The highest BCUT2D eigenvalue weighted by Gasteiger charge is 2.17. The topological polar surface area (TPSA) is 108 Å². The molecule has 4 aromatic rings. The molecular formula is C23H21FN4O5. The van der Waals surface area contributed by atoms with Crippen molar-refractivity contribution in [2.45, 2.75) is 19.5 Å². The molecule has 0 radical (unpaired) electrons. The molecule has 0 unspecified atom stereocenters. The molecule has 170 valence electrons. The molecule has 10 heteroatoms. The van der Waals surface area contributed by atoms with E-state index in [-0.39, 0.29) is 42.2 Å². The van der Waals surface area contributed by atoms with Crippen LogP contribution in [0.3, 0.4) is 0 Å². The lowest BCUT2D eigenvalue weighted by Crippen LogP contribution is -2.27. The number of nitrogens with zero attached hydrogens (tertiary/aromatic N) is 3. The third-order valence-corrected chi connectivity index (χ3v) is 5.12. The summed E-state index contributed by atoms with van der Waals surface area (Å²) in [4.78, 5) is 29.5. The maximum atomic E-state index is 13.2. The molecule has 0 bridgehead atoms. The van der Waals surface area contributed by atoms with Gasteiger partial charge >= 0.3 is 0 Å². The molecule has 1 N–H and O–H groups in total. The van der Waals surface area contributed by atoms with E-state index >= 15 is 0 Å². The van der Waals surface area contributed by atoms with Crippen molar-refractivity contribution in [3.05, 3.63) is 70.5 Å². The van der Waals surface area contributed by atoms with E-state index in [9.17, 15) is 14.0 Å². The summed E-state index contributed by atoms with van der Waals surface area (Å²) in [6.45, 7) is 0.350. The zero-order valence-electron chi connectivity index (χ0n) is 18.0. The lowest BCUT2D eigenvalue weighted by atomic mass is 10.1. The molecule has 9 nitrogen and oxygen atoms in total. The molecule has 0 spiro atoms. The zero-order valence-corrected chi connectivity index (χ0v) is 18.0. The van der Waals surface area contributed by atoms with Gasteiger partial charge in [0.2, 0.25) is 5.91 Å². The predicted octanol–water partition coefficient (Wildman–Crippen LogP) is 2.91. The van der Waals surface area contributed by atoms with Crippen LogP contribution in [0.4, 0.5) is 4.39 Å². The maximum Gasteiger partial charge on any atom is 0.266 e. The van der Waals surface area contributed by atoms with Gasteiger partial charge in [-0.1, -0.05) is 5.16 Å². The van der Waals surface area contributed by atoms with Crippen molar-refractivity contribution in [3.63, 3.8) is 0 Å². The first-order valence-corrected chi connectivity index (χ1v) is 10.1. The van der Waals surface area contributed by atoms with Crippen molar-refractivity contribution in [3.8, 4) is 22.8 Å². The van der Waals surface area contributed by atoms with Crippen molar-refractivity contribution in [1.29, 1.82) is 0 Å². The number of methoxy groups -OCH3 is 2. The minimum Gasteiger partial charge on any atom is -0.497 e. The second kappa shape index (κ2) is 9.51. The molecule has 0 aliphatic heterocycles. The van der Waals surface area contributed by atoms with E-state index in [0.717, 1.165) is 5.56 Å². The number of carbonyl (C=O) groups is 1. The standard InChI is InChI=1S/C23H21FN4O5/c1-31-17-7-8-18(32-2)15(11-17)12-25-19(29)9-10-28-13-26-22-20(23(28)30)21(27-33-22)14-3-5-16(24)6-4-14/h3-8,11,13H,9-10,12H2,1-2H3,(H,25,29). The van der Waals surface area contributed by atoms with Crippen LogP contribution in [-0.4, -0.2) is 34.8 Å². The van der Waals surface area contributed by atoms with Crippen LogP contribution in [0.5, 0.6) is 11.5 Å². The first-order chi connectivity index (χ1) is 16.0. The Hall–Kier alpha value is -4.21. The lowest BCUT2D eigenvalue weighted by Gasteiger charge is -2.12. The van der Waals surface area contributed by atoms with Crippen LogP contribution in [0.15, 0.2) is 58.1 Å². The summed E-state index contributed by atoms with van der Waals surface area (Å²) < 4.78 is 30.2. The SMILES string of the molecule is COc1ccc(OC)c(CNC(=O)CCn2cnc3onc(-c4ccc(F)cc4)c3c2=O)c1. The van der Waals surface area contributed by atoms with Crippen LogP contribution in [0.25, 0.3) is 22.4 Å². The first-order valence-electron chi connectivity index (χ1n) is 10.1. The Bertz CT molecular complexity index is 1350. The van der Waals surface area contributed by atoms with Crippen molar-refractivity contribution in [2.75, 3.05) is 14.2 Å². The second-order valence-corrected chi connectivity index (χ2v) is 7.17. The van der Waals surface area contributed by atoms with Gasteiger partial charge in [-0.3, -0.25) is 14.2 Å². The lowest BCUT2D eigenvalue weighted by molar-refractivity contribution is -0.121. The number of nitrogens with one attached hydrogen (secondary N) is 1. The molecular weight excluding hydrogens is 431 g/mol. The zero-order chi connectivity index (χ0) is 23.4. The number of hydrogen-bond acceptors (Lipinski definition) is 7. The van der Waals surface area contributed by atoms with Gasteiger partial charge in [-0.2, -0.15) is 0 Å². The number of halogens is 1. The minimum absolute atomic E-state index is 0.0521. The van der Waals surface area contributed by atoms with Gasteiger partial charge in [0.1, 0.15) is 34.7 Å². The van der Waals surface area contributed by atoms with Crippen LogP contribution in [0.1, 0.15) is 12.0 Å². The number of aromatic nitrogens is 3. The maximum absolute atomic E-state index is 13.2. The van der Waals surface area contributed by atoms with Gasteiger partial charge in [0, 0.05) is 30.6 Å². The number of ether oxygens (including phenoxy) is 2. The largest absolute Gasteiger partial charge is 0.497 e. The summed E-state index contributed by atoms with van der Waals surface area (Å²) in [5.41, 5.74) is 1.23. The average molecular weight is 452 g/mol. The third-order valence-electron chi connectivity index (χ3n) is 5.12. The van der Waals surface area contributed by atoms with Crippen LogP contribution >= 0.6 is 0 Å². The fourth-order valence-electron chi connectivity index (χ4n) is 3.37. The Morgan fingerprint density at radius 2 is 1.94 bits per heavy atom. The minimum atomic E-state index is -0.403. The van der Waals surface area contributed by atoms with Gasteiger partial charge in [-0.25, -0.2) is 9.37 Å². The Morgan fingerprint density at radius 3 is 2.67 bits per heavy atom. The molecule has 0 aliphatic carbocycles. The number of fused-ring (bicyclic) bond motifs is 1. The number of aryl methyl sites for hydroxylation is 1. The number of hydrogen-bond donors (Lipinski definition) is 1. The molecule has 0 saturated heterocycles. The Labute approximate surface area is 187 Å². The Balaban J connectivity index is 1.47. The Kier molecular flexibility index (Phi) is 6.34. The van der Waals surface area contributed by atoms with Crippen molar-refractivity contribution in [1.82, 2.24) is 20.0 Å². The van der Waals surface area contributed by atoms with Gasteiger partial charge in [0.25, 0.3) is 11.3 Å². The molecule has 0 aliphatic rings. The van der Waals surface area contributed by atoms with E-state index in [0.29, 0.717) is 17.1 Å². The molecule has 2 aromatic carbocycles. The van der Waals surface area contributed by atoms with E-state index in [1.54, 1.807) is 32.4 Å². The molecule has 4 rings (SSSR count). The second-order valence-electron chi connectivity index (χ2n) is 7.17. The molecule has 2 aromatic heterocycles. The Morgan fingerprint density at radius 1 is 1.15 bits per heavy atom. The summed E-state index contributed by atoms with van der Waals surface area (Å²) in [6, 6.07) is 10.9. The normalized spacial score (nSPS) is 10.9. The van der Waals surface area contributed by atoms with Crippen LogP contribution in [0.2, 0.25) is 0 Å². The molecule has 0 atom stereocenters. The smallest absolute Gasteiger partial charge is 0.266 e. The highest BCUT2D eigenvalue weighted by molar-refractivity contribution is 5.88. The van der Waals surface area contributed by atoms with Gasteiger partial charge in [-0.05, 0) is 42.5 Å². The predicted molar refractivity (Wildman–Crippen MR) is 117 cm³/mol. The van der Waals surface area contributed by atoms with Gasteiger partial charge in [-0.15, -0.1) is 0 Å². The summed E-state index contributed by atoms with van der Waals surface area (Å²) in [5.74, 6) is 0.620. The highest BCUT2D eigenvalue weighted by atomic mass is 19.1. The molecule has 0 fully saturated rings. The van der Waals surface area contributed by atoms with Gasteiger partial charge in [0.15, 0.2) is 0 Å². The number of benzene rings is 2. The van der Waals surface area contributed by atoms with Crippen molar-refractivity contribution >= 4 is 17.0 Å². The summed E-state index contributed by atoms with van der Waals surface area (Å²) in [6.07, 6.45) is 1.36. The summed E-state index contributed by atoms with van der Waals surface area (Å²) in [5, 5.41) is 6.90.